The molecule has 1 heterocycles. The van der Waals surface area contributed by atoms with Crippen molar-refractivity contribution >= 4 is 17.4 Å². The zero-order valence-electron chi connectivity index (χ0n) is 9.83. The summed E-state index contributed by atoms with van der Waals surface area (Å²) in [6, 6.07) is 2.49. The van der Waals surface area contributed by atoms with Crippen molar-refractivity contribution in [3.63, 3.8) is 0 Å². The van der Waals surface area contributed by atoms with Crippen LogP contribution in [-0.2, 0) is 0 Å². The van der Waals surface area contributed by atoms with Crippen molar-refractivity contribution in [2.75, 3.05) is 5.32 Å². The lowest BCUT2D eigenvalue weighted by Crippen LogP contribution is -2.25. The maximum Gasteiger partial charge on any atom is 0.224 e. The predicted octanol–water partition coefficient (Wildman–Crippen LogP) is 3.43. The molecule has 1 N–H and O–H groups in total. The first-order chi connectivity index (χ1) is 7.63. The maximum atomic E-state index is 5.83. The summed E-state index contributed by atoms with van der Waals surface area (Å²) in [4.78, 5) is 8.24. The second-order valence-electron chi connectivity index (χ2n) is 4.76. The normalized spacial score (nSPS) is 25.4. The Balaban J connectivity index is 1.98. The number of aromatic nitrogens is 2. The average Bonchev–Trinajstić information content (AvgIpc) is 2.20. The maximum absolute atomic E-state index is 5.83. The van der Waals surface area contributed by atoms with Gasteiger partial charge >= 0.3 is 0 Å². The molecule has 0 unspecified atom stereocenters. The molecule has 16 heavy (non-hydrogen) atoms. The number of hydrogen-bond acceptors (Lipinski definition) is 3. The molecule has 1 aromatic heterocycles. The van der Waals surface area contributed by atoms with Gasteiger partial charge in [-0.15, -0.1) is 0 Å². The standard InChI is InChI=1S/C12H18ClN3/c1-8-3-5-10(6-4-8)15-11-7-9(2)14-12(13)16-11/h7-8,10H,3-6H2,1-2H3,(H,14,15,16). The zero-order valence-corrected chi connectivity index (χ0v) is 10.6. The van der Waals surface area contributed by atoms with Crippen LogP contribution in [0.1, 0.15) is 38.3 Å². The minimum atomic E-state index is 0.326. The molecule has 0 spiro atoms. The van der Waals surface area contributed by atoms with Gasteiger partial charge in [0.25, 0.3) is 0 Å². The van der Waals surface area contributed by atoms with Gasteiger partial charge < -0.3 is 5.32 Å². The number of aryl methyl sites for hydroxylation is 1. The van der Waals surface area contributed by atoms with Crippen LogP contribution < -0.4 is 5.32 Å². The number of hydrogen-bond donors (Lipinski definition) is 1. The Bertz CT molecular complexity index is 339. The van der Waals surface area contributed by atoms with E-state index in [1.165, 1.54) is 25.7 Å². The van der Waals surface area contributed by atoms with E-state index >= 15 is 0 Å². The summed E-state index contributed by atoms with van der Waals surface area (Å²) in [6.45, 7) is 4.25. The second kappa shape index (κ2) is 5.00. The van der Waals surface area contributed by atoms with Gasteiger partial charge in [0.05, 0.1) is 0 Å². The van der Waals surface area contributed by atoms with Crippen LogP contribution in [0.15, 0.2) is 6.07 Å². The fourth-order valence-corrected chi connectivity index (χ4v) is 2.44. The molecule has 1 aliphatic rings. The molecule has 2 rings (SSSR count). The highest BCUT2D eigenvalue weighted by atomic mass is 35.5. The second-order valence-corrected chi connectivity index (χ2v) is 5.10. The fourth-order valence-electron chi connectivity index (χ4n) is 2.22. The van der Waals surface area contributed by atoms with Crippen molar-refractivity contribution < 1.29 is 0 Å². The van der Waals surface area contributed by atoms with Crippen LogP contribution in [0, 0.1) is 12.8 Å². The van der Waals surface area contributed by atoms with E-state index in [9.17, 15) is 0 Å². The van der Waals surface area contributed by atoms with Crippen LogP contribution in [0.2, 0.25) is 5.28 Å². The first-order valence-corrected chi connectivity index (χ1v) is 6.29. The first-order valence-electron chi connectivity index (χ1n) is 5.91. The lowest BCUT2D eigenvalue weighted by Gasteiger charge is -2.27. The fraction of sp³-hybridized carbons (Fsp3) is 0.667. The Kier molecular flexibility index (Phi) is 3.64. The largest absolute Gasteiger partial charge is 0.367 e. The molecule has 0 bridgehead atoms. The number of nitrogens with one attached hydrogen (secondary N) is 1. The Hall–Kier alpha value is -0.830. The van der Waals surface area contributed by atoms with Gasteiger partial charge in [-0.2, -0.15) is 0 Å². The van der Waals surface area contributed by atoms with E-state index in [1.54, 1.807) is 0 Å². The Morgan fingerprint density at radius 1 is 1.25 bits per heavy atom. The van der Waals surface area contributed by atoms with Crippen molar-refractivity contribution in [2.24, 2.45) is 5.92 Å². The van der Waals surface area contributed by atoms with Crippen LogP contribution in [0.4, 0.5) is 5.82 Å². The molecule has 0 saturated heterocycles. The Morgan fingerprint density at radius 2 is 1.94 bits per heavy atom. The van der Waals surface area contributed by atoms with E-state index in [0.29, 0.717) is 11.3 Å². The number of nitrogens with zero attached hydrogens (tertiary/aromatic N) is 2. The molecule has 0 radical (unpaired) electrons. The quantitative estimate of drug-likeness (QED) is 0.804. The van der Waals surface area contributed by atoms with Crippen LogP contribution in [0.3, 0.4) is 0 Å². The molecular formula is C12H18ClN3. The van der Waals surface area contributed by atoms with Crippen molar-refractivity contribution in [1.29, 1.82) is 0 Å². The molecule has 1 aromatic rings. The van der Waals surface area contributed by atoms with E-state index in [2.05, 4.69) is 22.2 Å². The van der Waals surface area contributed by atoms with Crippen molar-refractivity contribution in [3.8, 4) is 0 Å². The molecule has 1 aliphatic carbocycles. The Labute approximate surface area is 102 Å². The number of rotatable bonds is 2. The summed E-state index contributed by atoms with van der Waals surface area (Å²) >= 11 is 5.83. The van der Waals surface area contributed by atoms with Gasteiger partial charge in [-0.25, -0.2) is 9.97 Å². The van der Waals surface area contributed by atoms with Crippen LogP contribution in [-0.4, -0.2) is 16.0 Å². The predicted molar refractivity (Wildman–Crippen MR) is 66.8 cm³/mol. The average molecular weight is 240 g/mol. The lowest BCUT2D eigenvalue weighted by atomic mass is 9.87. The van der Waals surface area contributed by atoms with Crippen LogP contribution in [0.25, 0.3) is 0 Å². The number of halogens is 1. The summed E-state index contributed by atoms with van der Waals surface area (Å²) in [5, 5.41) is 3.77. The topological polar surface area (TPSA) is 37.8 Å². The highest BCUT2D eigenvalue weighted by Gasteiger charge is 2.18. The smallest absolute Gasteiger partial charge is 0.224 e. The molecule has 3 nitrogen and oxygen atoms in total. The highest BCUT2D eigenvalue weighted by molar-refractivity contribution is 6.28. The highest BCUT2D eigenvalue weighted by Crippen LogP contribution is 2.25. The molecule has 0 aliphatic heterocycles. The van der Waals surface area contributed by atoms with Crippen molar-refractivity contribution in [1.82, 2.24) is 9.97 Å². The zero-order chi connectivity index (χ0) is 11.5. The molecule has 0 atom stereocenters. The van der Waals surface area contributed by atoms with Gasteiger partial charge in [-0.05, 0) is 50.1 Å². The van der Waals surface area contributed by atoms with E-state index in [4.69, 9.17) is 11.6 Å². The van der Waals surface area contributed by atoms with Gasteiger partial charge in [0.1, 0.15) is 5.82 Å². The third kappa shape index (κ3) is 3.08. The summed E-state index contributed by atoms with van der Waals surface area (Å²) < 4.78 is 0. The third-order valence-electron chi connectivity index (χ3n) is 3.19. The number of anilines is 1. The molecule has 0 aromatic carbocycles. The van der Waals surface area contributed by atoms with Gasteiger partial charge in [0, 0.05) is 17.8 Å². The first kappa shape index (κ1) is 11.6. The minimum absolute atomic E-state index is 0.326. The molecule has 4 heteroatoms. The van der Waals surface area contributed by atoms with E-state index in [0.717, 1.165) is 17.4 Å². The summed E-state index contributed by atoms with van der Waals surface area (Å²) in [7, 11) is 0. The van der Waals surface area contributed by atoms with Gasteiger partial charge in [0.2, 0.25) is 5.28 Å². The molecular weight excluding hydrogens is 222 g/mol. The summed E-state index contributed by atoms with van der Waals surface area (Å²) in [5.41, 5.74) is 0.909. The monoisotopic (exact) mass is 239 g/mol. The third-order valence-corrected chi connectivity index (χ3v) is 3.36. The van der Waals surface area contributed by atoms with Gasteiger partial charge in [0.15, 0.2) is 0 Å². The summed E-state index contributed by atoms with van der Waals surface area (Å²) in [5.74, 6) is 1.73. The van der Waals surface area contributed by atoms with Crippen molar-refractivity contribution in [2.45, 2.75) is 45.6 Å². The molecule has 88 valence electrons. The molecule has 1 fully saturated rings. The van der Waals surface area contributed by atoms with Crippen molar-refractivity contribution in [3.05, 3.63) is 17.0 Å². The Morgan fingerprint density at radius 3 is 2.56 bits per heavy atom. The van der Waals surface area contributed by atoms with Crippen LogP contribution >= 0.6 is 11.6 Å². The molecule has 0 amide bonds. The van der Waals surface area contributed by atoms with Gasteiger partial charge in [-0.1, -0.05) is 6.92 Å². The van der Waals surface area contributed by atoms with Gasteiger partial charge in [-0.3, -0.25) is 0 Å². The van der Waals surface area contributed by atoms with E-state index in [1.807, 2.05) is 13.0 Å². The molecule has 1 saturated carbocycles. The van der Waals surface area contributed by atoms with E-state index in [-0.39, 0.29) is 0 Å². The lowest BCUT2D eigenvalue weighted by molar-refractivity contribution is 0.361. The summed E-state index contributed by atoms with van der Waals surface area (Å²) in [6.07, 6.45) is 5.05. The van der Waals surface area contributed by atoms with E-state index < -0.39 is 0 Å². The minimum Gasteiger partial charge on any atom is -0.367 e. The SMILES string of the molecule is Cc1cc(NC2CCC(C)CC2)nc(Cl)n1. The van der Waals surface area contributed by atoms with Crippen LogP contribution in [0.5, 0.6) is 0 Å².